The Bertz CT molecular complexity index is 1350. The van der Waals surface area contributed by atoms with Crippen LogP contribution in [-0.4, -0.2) is 70.2 Å². The number of sulfonamides is 1. The number of nitro groups is 1. The van der Waals surface area contributed by atoms with E-state index in [0.717, 1.165) is 34.1 Å². The number of hydrogen-bond acceptors (Lipinski definition) is 8. The van der Waals surface area contributed by atoms with Gasteiger partial charge in [-0.2, -0.15) is 4.31 Å². The summed E-state index contributed by atoms with van der Waals surface area (Å²) in [6.45, 7) is 0.511. The van der Waals surface area contributed by atoms with Crippen LogP contribution in [0.3, 0.4) is 0 Å². The molecule has 0 spiro atoms. The lowest BCUT2D eigenvalue weighted by molar-refractivity contribution is -0.384. The average Bonchev–Trinajstić information content (AvgIpc) is 2.88. The van der Waals surface area contributed by atoms with Gasteiger partial charge in [0.05, 0.1) is 33.6 Å². The summed E-state index contributed by atoms with van der Waals surface area (Å²) in [5.74, 6) is -0.919. The molecule has 202 valence electrons. The molecule has 0 aromatic heterocycles. The summed E-state index contributed by atoms with van der Waals surface area (Å²) in [7, 11) is -4.29. The van der Waals surface area contributed by atoms with Crippen LogP contribution in [0.15, 0.2) is 83.8 Å². The Balaban J connectivity index is 1.90. The number of phenolic OH excluding ortho intramolecular Hbond substituents is 1. The summed E-state index contributed by atoms with van der Waals surface area (Å²) >= 11 is 0. The van der Waals surface area contributed by atoms with E-state index in [9.17, 15) is 38.6 Å². The number of nitrogens with one attached hydrogen (secondary N) is 1. The van der Waals surface area contributed by atoms with Gasteiger partial charge in [-0.1, -0.05) is 42.5 Å². The minimum Gasteiger partial charge on any atom is -0.507 e. The van der Waals surface area contributed by atoms with Gasteiger partial charge in [-0.25, -0.2) is 8.42 Å². The van der Waals surface area contributed by atoms with Gasteiger partial charge in [-0.3, -0.25) is 14.9 Å². The lowest BCUT2D eigenvalue weighted by atomic mass is 10.00. The molecule has 4 N–H and O–H groups in total. The highest BCUT2D eigenvalue weighted by Gasteiger charge is 2.32. The molecular formula is C26H29N3O8S. The Labute approximate surface area is 220 Å². The lowest BCUT2D eigenvalue weighted by Crippen LogP contribution is -2.51. The zero-order valence-corrected chi connectivity index (χ0v) is 21.4. The third kappa shape index (κ3) is 7.35. The van der Waals surface area contributed by atoms with Gasteiger partial charge in [0, 0.05) is 25.2 Å². The smallest absolute Gasteiger partial charge is 0.269 e. The molecule has 38 heavy (non-hydrogen) atoms. The fourth-order valence-electron chi connectivity index (χ4n) is 3.85. The maximum absolute atomic E-state index is 13.4. The highest BCUT2D eigenvalue weighted by molar-refractivity contribution is 7.89. The van der Waals surface area contributed by atoms with Gasteiger partial charge in [0.25, 0.3) is 11.6 Å². The van der Waals surface area contributed by atoms with Gasteiger partial charge in [0.2, 0.25) is 10.0 Å². The molecular weight excluding hydrogens is 514 g/mol. The Morgan fingerprint density at radius 1 is 0.974 bits per heavy atom. The number of non-ortho nitro benzene ring substituents is 1. The first-order valence-corrected chi connectivity index (χ1v) is 13.2. The van der Waals surface area contributed by atoms with Crippen molar-refractivity contribution >= 4 is 21.6 Å². The van der Waals surface area contributed by atoms with Crippen LogP contribution in [0, 0.1) is 10.1 Å². The second-order valence-electron chi connectivity index (χ2n) is 8.78. The number of nitrogens with zero attached hydrogens (tertiary/aromatic N) is 2. The van der Waals surface area contributed by atoms with E-state index < -0.39 is 45.6 Å². The number of aliphatic hydroxyl groups is 2. The molecule has 3 aromatic carbocycles. The van der Waals surface area contributed by atoms with E-state index in [0.29, 0.717) is 0 Å². The quantitative estimate of drug-likeness (QED) is 0.199. The van der Waals surface area contributed by atoms with Crippen LogP contribution in [0.1, 0.15) is 22.8 Å². The molecule has 0 aliphatic heterocycles. The zero-order chi connectivity index (χ0) is 27.9. The first-order chi connectivity index (χ1) is 18.0. The average molecular weight is 544 g/mol. The number of hydrogen-bond donors (Lipinski definition) is 4. The van der Waals surface area contributed by atoms with Crippen LogP contribution in [0.5, 0.6) is 5.75 Å². The van der Waals surface area contributed by atoms with Crippen LogP contribution < -0.4 is 5.32 Å². The maximum atomic E-state index is 13.4. The Morgan fingerprint density at radius 2 is 1.58 bits per heavy atom. The molecule has 11 nitrogen and oxygen atoms in total. The van der Waals surface area contributed by atoms with Gasteiger partial charge in [0.15, 0.2) is 0 Å². The van der Waals surface area contributed by atoms with Gasteiger partial charge in [-0.05, 0) is 43.2 Å². The third-order valence-corrected chi connectivity index (χ3v) is 7.62. The third-order valence-electron chi connectivity index (χ3n) is 5.77. The number of rotatable bonds is 12. The normalized spacial score (nSPS) is 14.0. The molecule has 0 radical (unpaired) electrons. The van der Waals surface area contributed by atoms with Gasteiger partial charge < -0.3 is 20.6 Å². The number of nitro benzene ring substituents is 1. The van der Waals surface area contributed by atoms with Crippen LogP contribution in [0.25, 0.3) is 0 Å². The predicted octanol–water partition coefficient (Wildman–Crippen LogP) is 2.07. The molecule has 0 fully saturated rings. The van der Waals surface area contributed by atoms with E-state index in [1.807, 2.05) is 0 Å². The molecule has 0 saturated carbocycles. The summed E-state index contributed by atoms with van der Waals surface area (Å²) in [6.07, 6.45) is -2.39. The van der Waals surface area contributed by atoms with Crippen molar-refractivity contribution in [2.75, 3.05) is 13.1 Å². The molecule has 3 rings (SSSR count). The van der Waals surface area contributed by atoms with Crippen LogP contribution in [-0.2, 0) is 16.4 Å². The second kappa shape index (κ2) is 12.6. The standard InChI is InChI=1S/C26H29N3O8S/c1-18(30)16-28(38(36,37)21-13-11-20(12-14-21)29(34)35)17-25(32)23(15-19-7-3-2-4-8-19)27-26(33)22-9-5-6-10-24(22)31/h2-14,18,23,25,30-32H,15-17H2,1H3,(H,27,33)/t18-,23+,25-/m1/s1. The molecule has 0 bridgehead atoms. The summed E-state index contributed by atoms with van der Waals surface area (Å²) in [6, 6.07) is 18.1. The van der Waals surface area contributed by atoms with E-state index in [-0.39, 0.29) is 34.9 Å². The predicted molar refractivity (Wildman–Crippen MR) is 139 cm³/mol. The number of aromatic hydroxyl groups is 1. The molecule has 0 heterocycles. The highest BCUT2D eigenvalue weighted by atomic mass is 32.2. The van der Waals surface area contributed by atoms with Crippen molar-refractivity contribution in [3.05, 3.63) is 100 Å². The second-order valence-corrected chi connectivity index (χ2v) is 10.7. The zero-order valence-electron chi connectivity index (χ0n) is 20.5. The first-order valence-electron chi connectivity index (χ1n) is 11.7. The topological polar surface area (TPSA) is 170 Å². The van der Waals surface area contributed by atoms with E-state index >= 15 is 0 Å². The largest absolute Gasteiger partial charge is 0.507 e. The summed E-state index contributed by atoms with van der Waals surface area (Å²) in [4.78, 5) is 23.0. The molecule has 3 atom stereocenters. The van der Waals surface area contributed by atoms with E-state index in [1.54, 1.807) is 42.5 Å². The molecule has 0 aliphatic rings. The van der Waals surface area contributed by atoms with Crippen molar-refractivity contribution in [1.82, 2.24) is 9.62 Å². The lowest BCUT2D eigenvalue weighted by Gasteiger charge is -2.30. The van der Waals surface area contributed by atoms with Gasteiger partial charge >= 0.3 is 0 Å². The molecule has 0 saturated heterocycles. The van der Waals surface area contributed by atoms with Crippen molar-refractivity contribution in [2.45, 2.75) is 36.5 Å². The van der Waals surface area contributed by atoms with E-state index in [1.165, 1.54) is 19.1 Å². The van der Waals surface area contributed by atoms with Crippen LogP contribution >= 0.6 is 0 Å². The minimum absolute atomic E-state index is 0.0166. The SMILES string of the molecule is C[C@@H](O)CN(C[C@@H](O)[C@H](Cc1ccccc1)NC(=O)c1ccccc1O)S(=O)(=O)c1ccc([N+](=O)[O-])cc1. The first kappa shape index (κ1) is 28.7. The van der Waals surface area contributed by atoms with Crippen molar-refractivity contribution in [1.29, 1.82) is 0 Å². The van der Waals surface area contributed by atoms with Gasteiger partial charge in [0.1, 0.15) is 5.75 Å². The Kier molecular flexibility index (Phi) is 9.53. The number of benzene rings is 3. The maximum Gasteiger partial charge on any atom is 0.269 e. The van der Waals surface area contributed by atoms with Crippen molar-refractivity contribution in [2.24, 2.45) is 0 Å². The number of carbonyl (C=O) groups is 1. The molecule has 0 aliphatic carbocycles. The highest BCUT2D eigenvalue weighted by Crippen LogP contribution is 2.22. The number of para-hydroxylation sites is 1. The number of aliphatic hydroxyl groups excluding tert-OH is 2. The van der Waals surface area contributed by atoms with Crippen molar-refractivity contribution < 1.29 is 33.5 Å². The molecule has 12 heteroatoms. The summed E-state index contributed by atoms with van der Waals surface area (Å²) < 4.78 is 27.6. The molecule has 3 aromatic rings. The van der Waals surface area contributed by atoms with E-state index in [4.69, 9.17) is 0 Å². The Hall–Kier alpha value is -3.84. The molecule has 1 amide bonds. The van der Waals surface area contributed by atoms with Crippen LogP contribution in [0.2, 0.25) is 0 Å². The number of amides is 1. The van der Waals surface area contributed by atoms with Gasteiger partial charge in [-0.15, -0.1) is 0 Å². The van der Waals surface area contributed by atoms with Crippen molar-refractivity contribution in [3.8, 4) is 5.75 Å². The Morgan fingerprint density at radius 3 is 2.16 bits per heavy atom. The van der Waals surface area contributed by atoms with E-state index in [2.05, 4.69) is 5.32 Å². The number of phenols is 1. The summed E-state index contributed by atoms with van der Waals surface area (Å²) in [5.41, 5.74) is 0.451. The summed E-state index contributed by atoms with van der Waals surface area (Å²) in [5, 5.41) is 44.9. The minimum atomic E-state index is -4.29. The fraction of sp³-hybridized carbons (Fsp3) is 0.269. The fourth-order valence-corrected chi connectivity index (χ4v) is 5.39. The van der Waals surface area contributed by atoms with Crippen molar-refractivity contribution in [3.63, 3.8) is 0 Å². The monoisotopic (exact) mass is 543 g/mol. The van der Waals surface area contributed by atoms with Crippen LogP contribution in [0.4, 0.5) is 5.69 Å². The number of carbonyl (C=O) groups excluding carboxylic acids is 1. The molecule has 0 unspecified atom stereocenters.